The van der Waals surface area contributed by atoms with Gasteiger partial charge in [0.1, 0.15) is 23.7 Å². The van der Waals surface area contributed by atoms with Crippen LogP contribution >= 0.6 is 11.6 Å². The van der Waals surface area contributed by atoms with Gasteiger partial charge in [0.25, 0.3) is 10.0 Å². The Kier molecular flexibility index (Phi) is 9.32. The number of aromatic nitrogens is 2. The highest BCUT2D eigenvalue weighted by Crippen LogP contribution is 2.33. The molecule has 1 heterocycles. The number of rotatable bonds is 10. The van der Waals surface area contributed by atoms with Gasteiger partial charge in [0.15, 0.2) is 0 Å². The van der Waals surface area contributed by atoms with Crippen LogP contribution in [0.5, 0.6) is 5.75 Å². The van der Waals surface area contributed by atoms with Gasteiger partial charge in [-0.2, -0.15) is 26.3 Å². The lowest BCUT2D eigenvalue weighted by Crippen LogP contribution is -2.36. The molecule has 0 atom stereocenters. The fourth-order valence-electron chi connectivity index (χ4n) is 2.85. The third-order valence-electron chi connectivity index (χ3n) is 4.72. The average molecular weight is 614 g/mol. The Labute approximate surface area is 227 Å². The summed E-state index contributed by atoms with van der Waals surface area (Å²) in [7, 11) is -4.31. The predicted octanol–water partition coefficient (Wildman–Crippen LogP) is 5.59. The molecule has 18 heteroatoms. The van der Waals surface area contributed by atoms with Gasteiger partial charge in [-0.25, -0.2) is 23.2 Å². The van der Waals surface area contributed by atoms with Crippen LogP contribution in [0.3, 0.4) is 0 Å². The normalized spacial score (nSPS) is 12.2. The fourth-order valence-corrected chi connectivity index (χ4v) is 3.94. The van der Waals surface area contributed by atoms with E-state index in [1.807, 2.05) is 0 Å². The number of sulfonamides is 1. The molecule has 0 aliphatic rings. The summed E-state index contributed by atoms with van der Waals surface area (Å²) < 4.78 is 106. The zero-order valence-corrected chi connectivity index (χ0v) is 21.6. The molecule has 40 heavy (non-hydrogen) atoms. The first-order valence-electron chi connectivity index (χ1n) is 10.8. The highest BCUT2D eigenvalue weighted by atomic mass is 35.5. The summed E-state index contributed by atoms with van der Waals surface area (Å²) in [5.41, 5.74) is 0.365. The van der Waals surface area contributed by atoms with Crippen LogP contribution in [-0.2, 0) is 19.7 Å². The van der Waals surface area contributed by atoms with Gasteiger partial charge >= 0.3 is 18.3 Å². The standard InChI is InChI=1S/C22H18ClF6N5O5S/c1-34(39-20(35)22(27,28)29)40(36,37)15-6-7-17(38-9-8-21(24,25)26)16(10-15)33-19-11-18(30-12-31-19)32-14-4-2-13(23)3-5-14/h2-7,10-12H,8-9H2,1H3,(H2,30,31,32,33). The maximum absolute atomic E-state index is 12.8. The van der Waals surface area contributed by atoms with Crippen molar-refractivity contribution in [1.82, 2.24) is 14.4 Å². The van der Waals surface area contributed by atoms with Gasteiger partial charge in [-0.1, -0.05) is 11.6 Å². The van der Waals surface area contributed by atoms with Gasteiger partial charge in [-0.15, -0.1) is 0 Å². The van der Waals surface area contributed by atoms with Crippen LogP contribution in [0.4, 0.5) is 49.4 Å². The molecule has 0 radical (unpaired) electrons. The summed E-state index contributed by atoms with van der Waals surface area (Å²) in [6.07, 6.45) is -10.2. The number of hydrogen-bond acceptors (Lipinski definition) is 9. The van der Waals surface area contributed by atoms with E-state index in [1.54, 1.807) is 24.3 Å². The second-order valence-electron chi connectivity index (χ2n) is 7.71. The van der Waals surface area contributed by atoms with Crippen molar-refractivity contribution in [2.75, 3.05) is 24.3 Å². The monoisotopic (exact) mass is 613 g/mol. The molecule has 0 unspecified atom stereocenters. The molecular formula is C22H18ClF6N5O5S. The third-order valence-corrected chi connectivity index (χ3v) is 6.57. The smallest absolute Gasteiger partial charge is 0.491 e. The molecule has 2 N–H and O–H groups in total. The van der Waals surface area contributed by atoms with Crippen molar-refractivity contribution in [3.63, 3.8) is 0 Å². The number of halogens is 7. The van der Waals surface area contributed by atoms with Crippen LogP contribution in [-0.4, -0.2) is 54.8 Å². The first-order valence-corrected chi connectivity index (χ1v) is 12.6. The summed E-state index contributed by atoms with van der Waals surface area (Å²) in [6, 6.07) is 10.6. The second-order valence-corrected chi connectivity index (χ2v) is 10.1. The molecule has 0 saturated carbocycles. The largest absolute Gasteiger partial charge is 0.492 e. The number of carbonyl (C=O) groups is 1. The van der Waals surface area contributed by atoms with E-state index in [2.05, 4.69) is 25.4 Å². The summed E-state index contributed by atoms with van der Waals surface area (Å²) in [6.45, 7) is -0.833. The Bertz CT molecular complexity index is 1460. The Balaban J connectivity index is 1.91. The van der Waals surface area contributed by atoms with Gasteiger partial charge in [0, 0.05) is 23.8 Å². The van der Waals surface area contributed by atoms with E-state index < -0.39 is 46.3 Å². The minimum absolute atomic E-state index is 0.0264. The summed E-state index contributed by atoms with van der Waals surface area (Å²) in [4.78, 5) is 22.3. The maximum Gasteiger partial charge on any atom is 0.492 e. The SMILES string of the molecule is CN(OC(=O)C(F)(F)F)S(=O)(=O)c1ccc(OCCC(F)(F)F)c(Nc2cc(Nc3ccc(Cl)cc3)ncn2)c1. The zero-order valence-electron chi connectivity index (χ0n) is 20.0. The van der Waals surface area contributed by atoms with Gasteiger partial charge in [-0.3, -0.25) is 0 Å². The fraction of sp³-hybridized carbons (Fsp3) is 0.227. The number of alkyl halides is 6. The molecule has 0 aliphatic carbocycles. The minimum atomic E-state index is -5.47. The molecule has 3 rings (SSSR count). The number of ether oxygens (including phenoxy) is 1. The van der Waals surface area contributed by atoms with E-state index in [4.69, 9.17) is 16.3 Å². The topological polar surface area (TPSA) is 123 Å². The van der Waals surface area contributed by atoms with E-state index in [0.717, 1.165) is 24.5 Å². The molecule has 0 bridgehead atoms. The molecule has 0 saturated heterocycles. The Hall–Kier alpha value is -3.83. The molecule has 3 aromatic rings. The van der Waals surface area contributed by atoms with E-state index in [-0.39, 0.29) is 27.5 Å². The average Bonchev–Trinajstić information content (AvgIpc) is 2.85. The van der Waals surface area contributed by atoms with Crippen molar-refractivity contribution < 1.29 is 49.1 Å². The Morgan fingerprint density at radius 3 is 2.20 bits per heavy atom. The van der Waals surface area contributed by atoms with Crippen molar-refractivity contribution in [1.29, 1.82) is 0 Å². The Morgan fingerprint density at radius 2 is 1.60 bits per heavy atom. The molecule has 10 nitrogen and oxygen atoms in total. The van der Waals surface area contributed by atoms with Crippen molar-refractivity contribution in [2.24, 2.45) is 0 Å². The molecule has 2 aromatic carbocycles. The van der Waals surface area contributed by atoms with Gasteiger partial charge < -0.3 is 20.2 Å². The third kappa shape index (κ3) is 8.59. The van der Waals surface area contributed by atoms with Crippen molar-refractivity contribution in [3.05, 3.63) is 59.9 Å². The highest BCUT2D eigenvalue weighted by molar-refractivity contribution is 7.89. The zero-order chi connectivity index (χ0) is 29.7. The molecule has 216 valence electrons. The number of nitrogens with one attached hydrogen (secondary N) is 2. The molecule has 0 fully saturated rings. The number of hydrogen-bond donors (Lipinski definition) is 2. The summed E-state index contributed by atoms with van der Waals surface area (Å²) in [5, 5.41) is 6.13. The molecular weight excluding hydrogens is 596 g/mol. The van der Waals surface area contributed by atoms with E-state index in [0.29, 0.717) is 17.8 Å². The maximum atomic E-state index is 12.8. The quantitative estimate of drug-likeness (QED) is 0.223. The van der Waals surface area contributed by atoms with Crippen LogP contribution < -0.4 is 15.4 Å². The molecule has 0 amide bonds. The molecule has 0 spiro atoms. The van der Waals surface area contributed by atoms with Gasteiger partial charge in [0.05, 0.1) is 23.6 Å². The lowest BCUT2D eigenvalue weighted by molar-refractivity contribution is -0.219. The lowest BCUT2D eigenvalue weighted by atomic mass is 10.3. The van der Waals surface area contributed by atoms with E-state index in [1.165, 1.54) is 6.07 Å². The van der Waals surface area contributed by atoms with E-state index >= 15 is 0 Å². The van der Waals surface area contributed by atoms with Crippen LogP contribution in [0.25, 0.3) is 0 Å². The van der Waals surface area contributed by atoms with Crippen LogP contribution in [0.15, 0.2) is 59.8 Å². The number of nitrogens with zero attached hydrogens (tertiary/aromatic N) is 3. The van der Waals surface area contributed by atoms with Gasteiger partial charge in [0.2, 0.25) is 0 Å². The Morgan fingerprint density at radius 1 is 0.975 bits per heavy atom. The molecule has 1 aromatic heterocycles. The second kappa shape index (κ2) is 12.1. The lowest BCUT2D eigenvalue weighted by Gasteiger charge is -2.19. The van der Waals surface area contributed by atoms with Gasteiger partial charge in [-0.05, 0) is 46.9 Å². The number of anilines is 4. The summed E-state index contributed by atoms with van der Waals surface area (Å²) in [5.74, 6) is -2.75. The van der Waals surface area contributed by atoms with Crippen molar-refractivity contribution in [3.8, 4) is 5.75 Å². The minimum Gasteiger partial charge on any atom is -0.491 e. The first kappa shape index (κ1) is 30.7. The van der Waals surface area contributed by atoms with Crippen LogP contribution in [0, 0.1) is 0 Å². The number of carbonyl (C=O) groups excluding carboxylic acids is 1. The number of benzene rings is 2. The van der Waals surface area contributed by atoms with Crippen molar-refractivity contribution >= 4 is 50.6 Å². The van der Waals surface area contributed by atoms with E-state index in [9.17, 15) is 39.6 Å². The van der Waals surface area contributed by atoms with Crippen LogP contribution in [0.2, 0.25) is 5.02 Å². The van der Waals surface area contributed by atoms with Crippen LogP contribution in [0.1, 0.15) is 6.42 Å². The molecule has 0 aliphatic heterocycles. The summed E-state index contributed by atoms with van der Waals surface area (Å²) >= 11 is 5.86. The highest BCUT2D eigenvalue weighted by Gasteiger charge is 2.44. The predicted molar refractivity (Wildman–Crippen MR) is 130 cm³/mol. The number of hydroxylamine groups is 1. The first-order chi connectivity index (χ1) is 18.5. The van der Waals surface area contributed by atoms with Crippen molar-refractivity contribution in [2.45, 2.75) is 23.7 Å².